The Kier molecular flexibility index (Phi) is 6.40. The summed E-state index contributed by atoms with van der Waals surface area (Å²) in [6, 6.07) is 10.4. The molecule has 0 spiro atoms. The first-order valence-corrected chi connectivity index (χ1v) is 8.50. The molecule has 0 fully saturated rings. The molecule has 0 aliphatic carbocycles. The van der Waals surface area contributed by atoms with Crippen LogP contribution in [0.1, 0.15) is 28.8 Å². The van der Waals surface area contributed by atoms with E-state index in [2.05, 4.69) is 21.2 Å². The van der Waals surface area contributed by atoms with E-state index in [0.29, 0.717) is 16.3 Å². The van der Waals surface area contributed by atoms with Gasteiger partial charge in [0.2, 0.25) is 5.91 Å². The summed E-state index contributed by atoms with van der Waals surface area (Å²) in [7, 11) is 1.49. The Hall–Kier alpha value is -1.85. The maximum Gasteiger partial charge on any atom is 0.224 e. The van der Waals surface area contributed by atoms with Crippen LogP contribution in [0.3, 0.4) is 0 Å². The molecule has 0 saturated heterocycles. The number of aryl methyl sites for hydroxylation is 1. The lowest BCUT2D eigenvalue weighted by Gasteiger charge is -2.10. The van der Waals surface area contributed by atoms with E-state index in [1.807, 2.05) is 25.1 Å². The molecule has 0 saturated carbocycles. The maximum absolute atomic E-state index is 12.3. The van der Waals surface area contributed by atoms with Gasteiger partial charge in [-0.3, -0.25) is 9.59 Å². The van der Waals surface area contributed by atoms with Crippen molar-refractivity contribution in [1.82, 2.24) is 0 Å². The summed E-state index contributed by atoms with van der Waals surface area (Å²) in [6.45, 7) is 1.91. The van der Waals surface area contributed by atoms with Gasteiger partial charge in [0.1, 0.15) is 5.75 Å². The van der Waals surface area contributed by atoms with E-state index >= 15 is 0 Å². The molecule has 2 aromatic rings. The predicted octanol–water partition coefficient (Wildman–Crippen LogP) is 5.02. The van der Waals surface area contributed by atoms with Crippen LogP contribution in [0.25, 0.3) is 0 Å². The average molecular weight is 411 g/mol. The number of rotatable bonds is 6. The molecule has 0 unspecified atom stereocenters. The summed E-state index contributed by atoms with van der Waals surface area (Å²) in [5, 5.41) is 3.27. The summed E-state index contributed by atoms with van der Waals surface area (Å²) >= 11 is 9.30. The molecule has 0 aromatic heterocycles. The van der Waals surface area contributed by atoms with Gasteiger partial charge in [0.05, 0.1) is 12.7 Å². The molecule has 4 nitrogen and oxygen atoms in total. The molecule has 6 heteroatoms. The van der Waals surface area contributed by atoms with Crippen LogP contribution < -0.4 is 10.1 Å². The molecular formula is C18H17BrClNO3. The van der Waals surface area contributed by atoms with Crippen molar-refractivity contribution in [2.45, 2.75) is 19.8 Å². The second kappa shape index (κ2) is 8.31. The first-order valence-electron chi connectivity index (χ1n) is 7.33. The van der Waals surface area contributed by atoms with Crippen molar-refractivity contribution in [3.63, 3.8) is 0 Å². The first kappa shape index (κ1) is 18.5. The minimum atomic E-state index is -0.213. The highest BCUT2D eigenvalue weighted by molar-refractivity contribution is 9.10. The fourth-order valence-corrected chi connectivity index (χ4v) is 2.89. The Labute approximate surface area is 154 Å². The molecule has 0 heterocycles. The van der Waals surface area contributed by atoms with Crippen molar-refractivity contribution < 1.29 is 14.3 Å². The molecule has 0 aliphatic heterocycles. The Morgan fingerprint density at radius 3 is 2.58 bits per heavy atom. The summed E-state index contributed by atoms with van der Waals surface area (Å²) < 4.78 is 6.11. The van der Waals surface area contributed by atoms with Gasteiger partial charge in [-0.2, -0.15) is 0 Å². The number of Topliss-reactive ketones (excluding diaryl/α,β-unsaturated/α-hetero) is 1. The zero-order chi connectivity index (χ0) is 17.7. The van der Waals surface area contributed by atoms with Crippen LogP contribution in [0.15, 0.2) is 40.9 Å². The summed E-state index contributed by atoms with van der Waals surface area (Å²) in [4.78, 5) is 24.4. The van der Waals surface area contributed by atoms with Crippen LogP contribution in [-0.2, 0) is 4.79 Å². The van der Waals surface area contributed by atoms with Gasteiger partial charge in [-0.1, -0.05) is 27.5 Å². The number of hydrogen-bond donors (Lipinski definition) is 1. The third-order valence-corrected chi connectivity index (χ3v) is 4.23. The van der Waals surface area contributed by atoms with Gasteiger partial charge in [0, 0.05) is 28.0 Å². The third-order valence-electron chi connectivity index (χ3n) is 3.50. The molecule has 0 radical (unpaired) electrons. The number of methoxy groups -OCH3 is 1. The van der Waals surface area contributed by atoms with Gasteiger partial charge in [-0.25, -0.2) is 0 Å². The fraction of sp³-hybridized carbons (Fsp3) is 0.222. The van der Waals surface area contributed by atoms with E-state index in [9.17, 15) is 9.59 Å². The second-order valence-corrected chi connectivity index (χ2v) is 6.63. The quantitative estimate of drug-likeness (QED) is 0.680. The topological polar surface area (TPSA) is 55.4 Å². The van der Waals surface area contributed by atoms with E-state index in [4.69, 9.17) is 16.3 Å². The highest BCUT2D eigenvalue weighted by Gasteiger charge is 2.15. The smallest absolute Gasteiger partial charge is 0.224 e. The van der Waals surface area contributed by atoms with Crippen LogP contribution in [0.2, 0.25) is 5.02 Å². The third kappa shape index (κ3) is 4.82. The standard InChI is InChI=1S/C18H17BrClNO3/c1-11-9-12(19)3-5-15(11)21-18(23)8-6-16(22)14-10-13(20)4-7-17(14)24-2/h3-5,7,9-10H,6,8H2,1-2H3,(H,21,23). The number of carbonyl (C=O) groups excluding carboxylic acids is 2. The average Bonchev–Trinajstić information content (AvgIpc) is 2.55. The number of amides is 1. The van der Waals surface area contributed by atoms with Crippen molar-refractivity contribution in [2.75, 3.05) is 12.4 Å². The van der Waals surface area contributed by atoms with E-state index in [-0.39, 0.29) is 24.5 Å². The normalized spacial score (nSPS) is 10.3. The van der Waals surface area contributed by atoms with Crippen molar-refractivity contribution in [3.8, 4) is 5.75 Å². The fourth-order valence-electron chi connectivity index (χ4n) is 2.24. The summed E-state index contributed by atoms with van der Waals surface area (Å²) in [6.07, 6.45) is 0.169. The number of hydrogen-bond acceptors (Lipinski definition) is 3. The van der Waals surface area contributed by atoms with Crippen molar-refractivity contribution in [3.05, 3.63) is 57.0 Å². The lowest BCUT2D eigenvalue weighted by molar-refractivity contribution is -0.116. The van der Waals surface area contributed by atoms with Gasteiger partial charge in [-0.05, 0) is 48.9 Å². The highest BCUT2D eigenvalue weighted by Crippen LogP contribution is 2.25. The molecule has 0 bridgehead atoms. The molecule has 1 N–H and O–H groups in total. The van der Waals surface area contributed by atoms with Gasteiger partial charge >= 0.3 is 0 Å². The Morgan fingerprint density at radius 1 is 1.17 bits per heavy atom. The van der Waals surface area contributed by atoms with Crippen molar-refractivity contribution >= 4 is 44.9 Å². The lowest BCUT2D eigenvalue weighted by atomic mass is 10.1. The van der Waals surface area contributed by atoms with Crippen LogP contribution in [-0.4, -0.2) is 18.8 Å². The molecule has 24 heavy (non-hydrogen) atoms. The van der Waals surface area contributed by atoms with Crippen LogP contribution >= 0.6 is 27.5 Å². The number of ether oxygens (including phenoxy) is 1. The molecule has 2 rings (SSSR count). The molecule has 2 aromatic carbocycles. The number of ketones is 1. The van der Waals surface area contributed by atoms with Crippen molar-refractivity contribution in [1.29, 1.82) is 0 Å². The second-order valence-electron chi connectivity index (χ2n) is 5.28. The highest BCUT2D eigenvalue weighted by atomic mass is 79.9. The number of nitrogens with one attached hydrogen (secondary N) is 1. The monoisotopic (exact) mass is 409 g/mol. The van der Waals surface area contributed by atoms with Crippen molar-refractivity contribution in [2.24, 2.45) is 0 Å². The van der Waals surface area contributed by atoms with Gasteiger partial charge in [0.25, 0.3) is 0 Å². The largest absolute Gasteiger partial charge is 0.496 e. The number of benzene rings is 2. The maximum atomic E-state index is 12.3. The van der Waals surface area contributed by atoms with E-state index in [1.165, 1.54) is 7.11 Å². The molecule has 126 valence electrons. The number of halogens is 2. The SMILES string of the molecule is COc1ccc(Cl)cc1C(=O)CCC(=O)Nc1ccc(Br)cc1C. The zero-order valence-electron chi connectivity index (χ0n) is 13.4. The molecule has 1 amide bonds. The Bertz CT molecular complexity index is 777. The number of anilines is 1. The van der Waals surface area contributed by atoms with Crippen LogP contribution in [0.5, 0.6) is 5.75 Å². The predicted molar refractivity (Wildman–Crippen MR) is 99.1 cm³/mol. The van der Waals surface area contributed by atoms with Crippen LogP contribution in [0.4, 0.5) is 5.69 Å². The van der Waals surface area contributed by atoms with Gasteiger partial charge in [0.15, 0.2) is 5.78 Å². The molecule has 0 aliphatic rings. The molecular weight excluding hydrogens is 394 g/mol. The summed E-state index contributed by atoms with van der Waals surface area (Å²) in [5.74, 6) is 0.0559. The number of carbonyl (C=O) groups is 2. The van der Waals surface area contributed by atoms with E-state index < -0.39 is 0 Å². The molecule has 0 atom stereocenters. The zero-order valence-corrected chi connectivity index (χ0v) is 15.7. The van der Waals surface area contributed by atoms with Crippen LogP contribution in [0, 0.1) is 6.92 Å². The minimum Gasteiger partial charge on any atom is -0.496 e. The minimum absolute atomic E-state index is 0.0815. The van der Waals surface area contributed by atoms with Gasteiger partial charge < -0.3 is 10.1 Å². The first-order chi connectivity index (χ1) is 11.4. The Morgan fingerprint density at radius 2 is 1.92 bits per heavy atom. The van der Waals surface area contributed by atoms with E-state index in [1.54, 1.807) is 18.2 Å². The lowest BCUT2D eigenvalue weighted by Crippen LogP contribution is -2.14. The summed E-state index contributed by atoms with van der Waals surface area (Å²) in [5.41, 5.74) is 2.06. The van der Waals surface area contributed by atoms with Gasteiger partial charge in [-0.15, -0.1) is 0 Å². The Balaban J connectivity index is 1.99. The van der Waals surface area contributed by atoms with E-state index in [0.717, 1.165) is 15.7 Å².